The fourth-order valence-electron chi connectivity index (χ4n) is 4.50. The summed E-state index contributed by atoms with van der Waals surface area (Å²) in [6.45, 7) is 6.49. The van der Waals surface area contributed by atoms with Crippen LogP contribution in [0.5, 0.6) is 11.5 Å². The molecule has 0 saturated carbocycles. The number of anilines is 1. The first-order valence-corrected chi connectivity index (χ1v) is 12.5. The van der Waals surface area contributed by atoms with Gasteiger partial charge in [-0.15, -0.1) is 0 Å². The molecule has 1 fully saturated rings. The topological polar surface area (TPSA) is 102 Å². The van der Waals surface area contributed by atoms with E-state index < -0.39 is 23.7 Å². The number of aryl methyl sites for hydroxylation is 1. The smallest absolute Gasteiger partial charge is 0.337 e. The number of benzene rings is 3. The monoisotopic (exact) mass is 529 g/mol. The van der Waals surface area contributed by atoms with E-state index in [4.69, 9.17) is 14.2 Å². The molecule has 0 aliphatic carbocycles. The zero-order chi connectivity index (χ0) is 28.3. The van der Waals surface area contributed by atoms with E-state index in [1.807, 2.05) is 20.8 Å². The highest BCUT2D eigenvalue weighted by Gasteiger charge is 2.47. The van der Waals surface area contributed by atoms with E-state index in [9.17, 15) is 19.5 Å². The van der Waals surface area contributed by atoms with Gasteiger partial charge in [0.2, 0.25) is 0 Å². The molecule has 0 aromatic heterocycles. The highest BCUT2D eigenvalue weighted by Crippen LogP contribution is 2.43. The van der Waals surface area contributed by atoms with Gasteiger partial charge in [0.25, 0.3) is 11.7 Å². The Bertz CT molecular complexity index is 1460. The lowest BCUT2D eigenvalue weighted by Crippen LogP contribution is -2.29. The standard InChI is InChI=1S/C31H31NO7/c1-18(2)17-39-25-13-12-21(14-19(25)3)28(33)26-27(20-8-7-11-24(16-20)37-4)32(30(35)29(26)34)23-10-6-9-22(15-23)31(36)38-5/h6-16,18,27,33H,17H2,1-5H3/b28-26+. The zero-order valence-electron chi connectivity index (χ0n) is 22.6. The Labute approximate surface area is 227 Å². The lowest BCUT2D eigenvalue weighted by atomic mass is 9.94. The van der Waals surface area contributed by atoms with Crippen molar-refractivity contribution < 1.29 is 33.7 Å². The van der Waals surface area contributed by atoms with Crippen LogP contribution in [0.25, 0.3) is 5.76 Å². The first-order valence-electron chi connectivity index (χ1n) is 12.5. The predicted octanol–water partition coefficient (Wildman–Crippen LogP) is 5.45. The number of carbonyl (C=O) groups excluding carboxylic acids is 3. The van der Waals surface area contributed by atoms with Crippen LogP contribution < -0.4 is 14.4 Å². The van der Waals surface area contributed by atoms with Crippen LogP contribution in [0.3, 0.4) is 0 Å². The second kappa shape index (κ2) is 11.4. The van der Waals surface area contributed by atoms with E-state index in [0.29, 0.717) is 40.8 Å². The molecule has 1 amide bonds. The van der Waals surface area contributed by atoms with Crippen molar-refractivity contribution in [2.24, 2.45) is 5.92 Å². The van der Waals surface area contributed by atoms with Gasteiger partial charge in [0.05, 0.1) is 38.0 Å². The summed E-state index contributed by atoms with van der Waals surface area (Å²) in [6.07, 6.45) is 0. The van der Waals surface area contributed by atoms with Crippen LogP contribution in [0.15, 0.2) is 72.3 Å². The largest absolute Gasteiger partial charge is 0.507 e. The van der Waals surface area contributed by atoms with Crippen molar-refractivity contribution in [2.45, 2.75) is 26.8 Å². The van der Waals surface area contributed by atoms with Gasteiger partial charge in [-0.2, -0.15) is 0 Å². The van der Waals surface area contributed by atoms with E-state index in [0.717, 1.165) is 5.56 Å². The van der Waals surface area contributed by atoms with E-state index >= 15 is 0 Å². The van der Waals surface area contributed by atoms with Gasteiger partial charge in [-0.1, -0.05) is 32.0 Å². The lowest BCUT2D eigenvalue weighted by molar-refractivity contribution is -0.132. The SMILES string of the molecule is COC(=O)c1cccc(N2C(=O)C(=O)/C(=C(/O)c3ccc(OCC(C)C)c(C)c3)C2c2cccc(OC)c2)c1. The van der Waals surface area contributed by atoms with Crippen LogP contribution in [-0.4, -0.2) is 43.6 Å². The average Bonchev–Trinajstić information content (AvgIpc) is 3.21. The number of carbonyl (C=O) groups is 3. The summed E-state index contributed by atoms with van der Waals surface area (Å²) < 4.78 is 16.1. The van der Waals surface area contributed by atoms with Crippen molar-refractivity contribution in [3.8, 4) is 11.5 Å². The fourth-order valence-corrected chi connectivity index (χ4v) is 4.50. The minimum absolute atomic E-state index is 0.0769. The second-order valence-corrected chi connectivity index (χ2v) is 9.67. The molecule has 8 nitrogen and oxygen atoms in total. The maximum Gasteiger partial charge on any atom is 0.337 e. The second-order valence-electron chi connectivity index (χ2n) is 9.67. The van der Waals surface area contributed by atoms with Crippen LogP contribution in [-0.2, 0) is 14.3 Å². The molecule has 0 radical (unpaired) electrons. The average molecular weight is 530 g/mol. The van der Waals surface area contributed by atoms with Crippen molar-refractivity contribution >= 4 is 29.1 Å². The number of hydrogen-bond donors (Lipinski definition) is 1. The fraction of sp³-hybridized carbons (Fsp3) is 0.258. The Morgan fingerprint density at radius 2 is 1.72 bits per heavy atom. The first-order chi connectivity index (χ1) is 18.7. The number of ether oxygens (including phenoxy) is 3. The molecule has 1 N–H and O–H groups in total. The lowest BCUT2D eigenvalue weighted by Gasteiger charge is -2.26. The van der Waals surface area contributed by atoms with E-state index in [1.54, 1.807) is 60.7 Å². The van der Waals surface area contributed by atoms with Gasteiger partial charge in [-0.05, 0) is 72.5 Å². The maximum atomic E-state index is 13.5. The molecule has 1 atom stereocenters. The van der Waals surface area contributed by atoms with Crippen LogP contribution in [0.2, 0.25) is 0 Å². The summed E-state index contributed by atoms with van der Waals surface area (Å²) in [5.74, 6) is -1.04. The Hall–Kier alpha value is -4.59. The summed E-state index contributed by atoms with van der Waals surface area (Å²) in [7, 11) is 2.78. The minimum Gasteiger partial charge on any atom is -0.507 e. The number of hydrogen-bond acceptors (Lipinski definition) is 7. The molecule has 202 valence electrons. The third-order valence-electron chi connectivity index (χ3n) is 6.42. The van der Waals surface area contributed by atoms with E-state index in [-0.39, 0.29) is 16.9 Å². The number of methoxy groups -OCH3 is 2. The molecule has 39 heavy (non-hydrogen) atoms. The highest BCUT2D eigenvalue weighted by atomic mass is 16.5. The molecule has 4 rings (SSSR count). The molecule has 0 bridgehead atoms. The number of Topliss-reactive ketones (excluding diaryl/α,β-unsaturated/α-hetero) is 1. The highest BCUT2D eigenvalue weighted by molar-refractivity contribution is 6.51. The van der Waals surface area contributed by atoms with Crippen molar-refractivity contribution in [2.75, 3.05) is 25.7 Å². The number of nitrogens with zero attached hydrogens (tertiary/aromatic N) is 1. The molecule has 1 aliphatic heterocycles. The molecule has 1 unspecified atom stereocenters. The summed E-state index contributed by atoms with van der Waals surface area (Å²) in [5.41, 5.74) is 2.14. The number of rotatable bonds is 8. The molecule has 1 saturated heterocycles. The van der Waals surface area contributed by atoms with Gasteiger partial charge in [0.15, 0.2) is 0 Å². The molecular formula is C31H31NO7. The van der Waals surface area contributed by atoms with Crippen molar-refractivity contribution in [1.82, 2.24) is 0 Å². The van der Waals surface area contributed by atoms with Crippen molar-refractivity contribution in [1.29, 1.82) is 0 Å². The normalized spacial score (nSPS) is 16.5. The van der Waals surface area contributed by atoms with Crippen LogP contribution in [0.1, 0.15) is 46.9 Å². The minimum atomic E-state index is -0.981. The van der Waals surface area contributed by atoms with Crippen LogP contribution >= 0.6 is 0 Å². The maximum absolute atomic E-state index is 13.5. The van der Waals surface area contributed by atoms with Gasteiger partial charge >= 0.3 is 5.97 Å². The van der Waals surface area contributed by atoms with Crippen molar-refractivity contribution in [3.05, 3.63) is 94.6 Å². The van der Waals surface area contributed by atoms with E-state index in [2.05, 4.69) is 0 Å². The number of ketones is 1. The molecule has 3 aromatic carbocycles. The molecular weight excluding hydrogens is 498 g/mol. The number of aliphatic hydroxyl groups is 1. The molecule has 1 heterocycles. The summed E-state index contributed by atoms with van der Waals surface area (Å²) >= 11 is 0. The van der Waals surface area contributed by atoms with Crippen molar-refractivity contribution in [3.63, 3.8) is 0 Å². The van der Waals surface area contributed by atoms with Gasteiger partial charge in [-0.25, -0.2) is 4.79 Å². The molecule has 8 heteroatoms. The first kappa shape index (κ1) is 27.4. The third kappa shape index (κ3) is 5.50. The summed E-state index contributed by atoms with van der Waals surface area (Å²) in [5, 5.41) is 11.5. The molecule has 1 aliphatic rings. The molecule has 0 spiro atoms. The van der Waals surface area contributed by atoms with Gasteiger partial charge in [0.1, 0.15) is 17.3 Å². The Kier molecular flexibility index (Phi) is 8.04. The Morgan fingerprint density at radius 1 is 0.974 bits per heavy atom. The van der Waals surface area contributed by atoms with E-state index in [1.165, 1.54) is 25.2 Å². The Balaban J connectivity index is 1.88. The predicted molar refractivity (Wildman–Crippen MR) is 147 cm³/mol. The zero-order valence-corrected chi connectivity index (χ0v) is 22.6. The summed E-state index contributed by atoms with van der Waals surface area (Å²) in [4.78, 5) is 40.4. The van der Waals surface area contributed by atoms with Crippen LogP contribution in [0, 0.1) is 12.8 Å². The van der Waals surface area contributed by atoms with Crippen LogP contribution in [0.4, 0.5) is 5.69 Å². The number of amides is 1. The number of esters is 1. The third-order valence-corrected chi connectivity index (χ3v) is 6.42. The van der Waals surface area contributed by atoms with Gasteiger partial charge < -0.3 is 19.3 Å². The van der Waals surface area contributed by atoms with Gasteiger partial charge in [-0.3, -0.25) is 14.5 Å². The summed E-state index contributed by atoms with van der Waals surface area (Å²) in [6, 6.07) is 17.3. The van der Waals surface area contributed by atoms with Gasteiger partial charge in [0, 0.05) is 11.3 Å². The Morgan fingerprint density at radius 3 is 2.38 bits per heavy atom. The quantitative estimate of drug-likeness (QED) is 0.179. The number of aliphatic hydroxyl groups excluding tert-OH is 1. The molecule has 3 aromatic rings.